The number of aromatic nitrogens is 1. The Bertz CT molecular complexity index is 1040. The van der Waals surface area contributed by atoms with Crippen LogP contribution in [0.2, 0.25) is 0 Å². The number of carbonyl (C=O) groups excluding carboxylic acids is 2. The van der Waals surface area contributed by atoms with E-state index in [-0.39, 0.29) is 6.61 Å². The number of anilines is 1. The average molecular weight is 392 g/mol. The zero-order chi connectivity index (χ0) is 21.1. The molecule has 152 valence electrons. The highest BCUT2D eigenvalue weighted by Gasteiger charge is 2.16. The maximum absolute atomic E-state index is 11.9. The minimum atomic E-state index is -0.868. The normalized spacial score (nSPS) is 11.1. The minimum Gasteiger partial charge on any atom is -0.459 e. The van der Waals surface area contributed by atoms with Gasteiger partial charge in [0.05, 0.1) is 6.61 Å². The topological polar surface area (TPSA) is 71.2 Å². The van der Waals surface area contributed by atoms with E-state index in [1.807, 2.05) is 26.0 Å². The van der Waals surface area contributed by atoms with Gasteiger partial charge in [0.25, 0.3) is 0 Å². The quantitative estimate of drug-likeness (QED) is 0.474. The van der Waals surface area contributed by atoms with Crippen molar-refractivity contribution in [3.63, 3.8) is 0 Å². The van der Waals surface area contributed by atoms with E-state index in [4.69, 9.17) is 4.74 Å². The molecule has 0 atom stereocenters. The molecule has 29 heavy (non-hydrogen) atoms. The molecule has 0 aliphatic heterocycles. The molecule has 5 heteroatoms. The lowest BCUT2D eigenvalue weighted by Crippen LogP contribution is -2.25. The Balaban J connectivity index is 1.85. The molecule has 0 radical (unpaired) electrons. The van der Waals surface area contributed by atoms with Crippen molar-refractivity contribution < 1.29 is 14.3 Å². The van der Waals surface area contributed by atoms with E-state index in [9.17, 15) is 9.59 Å². The number of rotatable bonds is 5. The van der Waals surface area contributed by atoms with Gasteiger partial charge in [-0.05, 0) is 85.2 Å². The number of esters is 1. The van der Waals surface area contributed by atoms with Crippen LogP contribution >= 0.6 is 0 Å². The van der Waals surface area contributed by atoms with Gasteiger partial charge < -0.3 is 15.0 Å². The molecule has 0 bridgehead atoms. The van der Waals surface area contributed by atoms with Crippen LogP contribution in [0, 0.1) is 13.8 Å². The van der Waals surface area contributed by atoms with Gasteiger partial charge in [-0.1, -0.05) is 19.9 Å². The summed E-state index contributed by atoms with van der Waals surface area (Å²) in [4.78, 5) is 26.8. The molecule has 0 aliphatic carbocycles. The number of carbonyl (C=O) groups is 2. The van der Waals surface area contributed by atoms with Crippen LogP contribution in [-0.4, -0.2) is 23.5 Å². The van der Waals surface area contributed by atoms with Crippen LogP contribution in [0.4, 0.5) is 5.69 Å². The summed E-state index contributed by atoms with van der Waals surface area (Å²) in [5.41, 5.74) is 7.69. The van der Waals surface area contributed by atoms with Gasteiger partial charge in [-0.25, -0.2) is 4.79 Å². The number of benzene rings is 2. The van der Waals surface area contributed by atoms with Crippen LogP contribution in [0.1, 0.15) is 54.5 Å². The standard InChI is InChI=1S/C24H28N2O3/c1-6-29-24(28)23(27)26-18-9-15(4)19(16(5)10-18)11-17-7-8-22-20(12-17)21(13-25-22)14(2)3/h7-10,12-14,25H,6,11H2,1-5H3,(H,26,27). The van der Waals surface area contributed by atoms with Crippen LogP contribution < -0.4 is 5.32 Å². The number of hydrogen-bond donors (Lipinski definition) is 2. The van der Waals surface area contributed by atoms with Crippen molar-refractivity contribution in [3.8, 4) is 0 Å². The maximum Gasteiger partial charge on any atom is 0.397 e. The number of hydrogen-bond acceptors (Lipinski definition) is 3. The predicted molar refractivity (Wildman–Crippen MR) is 116 cm³/mol. The Hall–Kier alpha value is -3.08. The second kappa shape index (κ2) is 8.52. The fourth-order valence-electron chi connectivity index (χ4n) is 3.70. The lowest BCUT2D eigenvalue weighted by Gasteiger charge is -2.14. The fraction of sp³-hybridized carbons (Fsp3) is 0.333. The second-order valence-corrected chi connectivity index (χ2v) is 7.72. The van der Waals surface area contributed by atoms with Gasteiger partial charge in [-0.2, -0.15) is 0 Å². The maximum atomic E-state index is 11.9. The number of aryl methyl sites for hydroxylation is 2. The van der Waals surface area contributed by atoms with E-state index in [0.717, 1.165) is 23.1 Å². The summed E-state index contributed by atoms with van der Waals surface area (Å²) in [7, 11) is 0. The first kappa shape index (κ1) is 20.6. The highest BCUT2D eigenvalue weighted by atomic mass is 16.5. The molecule has 1 amide bonds. The lowest BCUT2D eigenvalue weighted by atomic mass is 9.94. The van der Waals surface area contributed by atoms with E-state index >= 15 is 0 Å². The van der Waals surface area contributed by atoms with Crippen LogP contribution in [0.5, 0.6) is 0 Å². The van der Waals surface area contributed by atoms with Crippen LogP contribution in [0.25, 0.3) is 10.9 Å². The molecule has 0 saturated carbocycles. The molecule has 0 unspecified atom stereocenters. The second-order valence-electron chi connectivity index (χ2n) is 7.72. The molecule has 5 nitrogen and oxygen atoms in total. The lowest BCUT2D eigenvalue weighted by molar-refractivity contribution is -0.152. The van der Waals surface area contributed by atoms with Gasteiger partial charge >= 0.3 is 11.9 Å². The van der Waals surface area contributed by atoms with E-state index in [2.05, 4.69) is 48.5 Å². The van der Waals surface area contributed by atoms with Crippen LogP contribution in [-0.2, 0) is 20.7 Å². The molecular weight excluding hydrogens is 364 g/mol. The van der Waals surface area contributed by atoms with Crippen LogP contribution in [0.15, 0.2) is 36.5 Å². The Morgan fingerprint density at radius 3 is 2.41 bits per heavy atom. The molecule has 3 aromatic rings. The van der Waals surface area contributed by atoms with E-state index in [1.54, 1.807) is 6.92 Å². The Labute approximate surface area is 171 Å². The summed E-state index contributed by atoms with van der Waals surface area (Å²) in [5.74, 6) is -1.16. The third-order valence-electron chi connectivity index (χ3n) is 5.20. The smallest absolute Gasteiger partial charge is 0.397 e. The number of fused-ring (bicyclic) bond motifs is 1. The Kier molecular flexibility index (Phi) is 6.06. The van der Waals surface area contributed by atoms with Gasteiger partial charge in [-0.15, -0.1) is 0 Å². The molecule has 0 saturated heterocycles. The van der Waals surface area contributed by atoms with Crippen LogP contribution in [0.3, 0.4) is 0 Å². The molecule has 2 N–H and O–H groups in total. The molecule has 0 spiro atoms. The van der Waals surface area contributed by atoms with Gasteiger partial charge in [0.15, 0.2) is 0 Å². The van der Waals surface area contributed by atoms with Gasteiger partial charge in [-0.3, -0.25) is 4.79 Å². The number of amides is 1. The first-order chi connectivity index (χ1) is 13.8. The van der Waals surface area contributed by atoms with Crippen molar-refractivity contribution in [2.45, 2.75) is 47.0 Å². The summed E-state index contributed by atoms with van der Waals surface area (Å²) in [6.45, 7) is 10.3. The molecule has 0 aliphatic rings. The average Bonchev–Trinajstić information content (AvgIpc) is 3.08. The van der Waals surface area contributed by atoms with Gasteiger partial charge in [0.1, 0.15) is 0 Å². The highest BCUT2D eigenvalue weighted by Crippen LogP contribution is 2.28. The number of ether oxygens (including phenoxy) is 1. The highest BCUT2D eigenvalue weighted by molar-refractivity contribution is 6.37. The molecule has 1 aromatic heterocycles. The summed E-state index contributed by atoms with van der Waals surface area (Å²) >= 11 is 0. The van der Waals surface area contributed by atoms with E-state index in [0.29, 0.717) is 11.6 Å². The summed E-state index contributed by atoms with van der Waals surface area (Å²) < 4.78 is 4.74. The van der Waals surface area contributed by atoms with Crippen molar-refractivity contribution in [1.82, 2.24) is 4.98 Å². The number of H-pyrrole nitrogens is 1. The van der Waals surface area contributed by atoms with E-state index < -0.39 is 11.9 Å². The molecule has 3 rings (SSSR count). The number of nitrogens with one attached hydrogen (secondary N) is 2. The SMILES string of the molecule is CCOC(=O)C(=O)Nc1cc(C)c(Cc2ccc3[nH]cc(C(C)C)c3c2)c(C)c1. The largest absolute Gasteiger partial charge is 0.459 e. The Morgan fingerprint density at radius 2 is 1.79 bits per heavy atom. The van der Waals surface area contributed by atoms with Crippen molar-refractivity contribution in [1.29, 1.82) is 0 Å². The van der Waals surface area contributed by atoms with E-state index in [1.165, 1.54) is 22.1 Å². The predicted octanol–water partition coefficient (Wildman–Crippen LogP) is 5.00. The van der Waals surface area contributed by atoms with Gasteiger partial charge in [0.2, 0.25) is 0 Å². The zero-order valence-corrected chi connectivity index (χ0v) is 17.7. The van der Waals surface area contributed by atoms with Gasteiger partial charge in [0, 0.05) is 22.8 Å². The third kappa shape index (κ3) is 4.50. The summed E-state index contributed by atoms with van der Waals surface area (Å²) in [5, 5.41) is 3.89. The molecule has 0 fully saturated rings. The first-order valence-corrected chi connectivity index (χ1v) is 9.98. The monoisotopic (exact) mass is 392 g/mol. The van der Waals surface area contributed by atoms with Crippen molar-refractivity contribution in [2.75, 3.05) is 11.9 Å². The fourth-order valence-corrected chi connectivity index (χ4v) is 3.70. The molecular formula is C24H28N2O3. The number of aromatic amines is 1. The summed E-state index contributed by atoms with van der Waals surface area (Å²) in [6, 6.07) is 10.3. The first-order valence-electron chi connectivity index (χ1n) is 9.98. The summed E-state index contributed by atoms with van der Waals surface area (Å²) in [6.07, 6.45) is 2.90. The molecule has 2 aromatic carbocycles. The Morgan fingerprint density at radius 1 is 1.10 bits per heavy atom. The van der Waals surface area contributed by atoms with Crippen molar-refractivity contribution in [2.24, 2.45) is 0 Å². The molecule has 1 heterocycles. The third-order valence-corrected chi connectivity index (χ3v) is 5.20. The van der Waals surface area contributed by atoms with Crippen molar-refractivity contribution >= 4 is 28.5 Å². The van der Waals surface area contributed by atoms with Crippen molar-refractivity contribution in [3.05, 3.63) is 64.3 Å². The minimum absolute atomic E-state index is 0.174. The zero-order valence-electron chi connectivity index (χ0n) is 17.7.